The molecule has 1 aliphatic heterocycles. The second kappa shape index (κ2) is 6.42. The number of hydrogen-bond acceptors (Lipinski definition) is 4. The van der Waals surface area contributed by atoms with Crippen LogP contribution >= 0.6 is 0 Å². The maximum atomic E-state index is 11.3. The van der Waals surface area contributed by atoms with Gasteiger partial charge in [0.05, 0.1) is 11.6 Å². The number of hydrogen-bond donors (Lipinski definition) is 1. The second-order valence-corrected chi connectivity index (χ2v) is 6.22. The Labute approximate surface area is 135 Å². The van der Waals surface area contributed by atoms with E-state index in [-0.39, 0.29) is 12.1 Å². The number of nitrogens with one attached hydrogen (secondary N) is 1. The van der Waals surface area contributed by atoms with Crippen molar-refractivity contribution in [3.05, 3.63) is 35.5 Å². The maximum Gasteiger partial charge on any atom is 0.407 e. The molecule has 1 unspecified atom stereocenters. The predicted molar refractivity (Wildman–Crippen MR) is 88.3 cm³/mol. The summed E-state index contributed by atoms with van der Waals surface area (Å²) in [6.45, 7) is 1.33. The highest BCUT2D eigenvalue weighted by Gasteiger charge is 2.22. The summed E-state index contributed by atoms with van der Waals surface area (Å²) in [5.74, 6) is 0. The second-order valence-electron chi connectivity index (χ2n) is 6.22. The monoisotopic (exact) mass is 315 g/mol. The summed E-state index contributed by atoms with van der Waals surface area (Å²) in [7, 11) is 4.07. The first-order chi connectivity index (χ1) is 11.1. The number of amides is 1. The van der Waals surface area contributed by atoms with Crippen molar-refractivity contribution in [2.24, 2.45) is 0 Å². The third-order valence-electron chi connectivity index (χ3n) is 4.14. The molecule has 6 nitrogen and oxygen atoms in total. The molecule has 23 heavy (non-hydrogen) atoms. The van der Waals surface area contributed by atoms with E-state index in [1.165, 1.54) is 0 Å². The smallest absolute Gasteiger partial charge is 0.407 e. The number of fused-ring (bicyclic) bond motifs is 1. The molecule has 6 heteroatoms. The molecule has 0 spiro atoms. The highest BCUT2D eigenvalue weighted by Crippen LogP contribution is 2.24. The third-order valence-corrected chi connectivity index (χ3v) is 4.14. The Hall–Kier alpha value is -2.34. The summed E-state index contributed by atoms with van der Waals surface area (Å²) >= 11 is 0. The van der Waals surface area contributed by atoms with Crippen molar-refractivity contribution < 1.29 is 14.3 Å². The van der Waals surface area contributed by atoms with Crippen LogP contribution in [0.1, 0.15) is 11.1 Å². The van der Waals surface area contributed by atoms with Crippen LogP contribution in [0.2, 0.25) is 0 Å². The summed E-state index contributed by atoms with van der Waals surface area (Å²) in [4.78, 5) is 24.5. The number of benzene rings is 1. The first-order valence-corrected chi connectivity index (χ1v) is 7.72. The molecule has 0 radical (unpaired) electrons. The number of alkyl carbamates (subject to hydrolysis) is 1. The average molecular weight is 315 g/mol. The molecule has 0 aliphatic carbocycles. The van der Waals surface area contributed by atoms with Crippen molar-refractivity contribution in [3.63, 3.8) is 0 Å². The first kappa shape index (κ1) is 15.6. The molecule has 2 aromatic rings. The van der Waals surface area contributed by atoms with Gasteiger partial charge in [0.25, 0.3) is 0 Å². The molecular weight excluding hydrogens is 294 g/mol. The lowest BCUT2D eigenvalue weighted by atomic mass is 10.0. The van der Waals surface area contributed by atoms with Crippen LogP contribution < -0.4 is 5.32 Å². The van der Waals surface area contributed by atoms with Crippen LogP contribution in [-0.2, 0) is 22.4 Å². The Bertz CT molecular complexity index is 736. The lowest BCUT2D eigenvalue weighted by Crippen LogP contribution is -2.28. The number of cyclic esters (lactones) is 1. The average Bonchev–Trinajstić information content (AvgIpc) is 3.08. The van der Waals surface area contributed by atoms with Crippen LogP contribution in [-0.4, -0.2) is 55.3 Å². The number of aromatic nitrogens is 1. The fraction of sp³-hybridized carbons (Fsp3) is 0.412. The molecule has 1 saturated heterocycles. The molecule has 1 atom stereocenters. The van der Waals surface area contributed by atoms with Crippen LogP contribution in [0.15, 0.2) is 24.4 Å². The van der Waals surface area contributed by atoms with Gasteiger partial charge in [0, 0.05) is 18.1 Å². The molecule has 1 aromatic carbocycles. The van der Waals surface area contributed by atoms with Gasteiger partial charge in [-0.25, -0.2) is 4.79 Å². The van der Waals surface area contributed by atoms with E-state index in [1.54, 1.807) is 4.57 Å². The van der Waals surface area contributed by atoms with Crippen LogP contribution in [0.25, 0.3) is 10.9 Å². The van der Waals surface area contributed by atoms with Crippen molar-refractivity contribution in [2.45, 2.75) is 18.9 Å². The van der Waals surface area contributed by atoms with Crippen molar-refractivity contribution >= 4 is 23.4 Å². The summed E-state index contributed by atoms with van der Waals surface area (Å²) in [6.07, 6.45) is 4.00. The first-order valence-electron chi connectivity index (χ1n) is 7.72. The van der Waals surface area contributed by atoms with E-state index in [4.69, 9.17) is 4.74 Å². The van der Waals surface area contributed by atoms with Gasteiger partial charge in [0.15, 0.2) is 0 Å². The van der Waals surface area contributed by atoms with E-state index < -0.39 is 0 Å². The molecule has 3 rings (SSSR count). The minimum atomic E-state index is -0.352. The number of ether oxygens (including phenoxy) is 1. The molecule has 0 bridgehead atoms. The molecule has 122 valence electrons. The molecule has 1 amide bonds. The Morgan fingerprint density at radius 3 is 2.91 bits per heavy atom. The van der Waals surface area contributed by atoms with Gasteiger partial charge < -0.3 is 15.0 Å². The Morgan fingerprint density at radius 1 is 1.43 bits per heavy atom. The zero-order valence-electron chi connectivity index (χ0n) is 13.4. The number of likely N-dealkylation sites (N-methyl/N-ethyl adjacent to an activating group) is 1. The highest BCUT2D eigenvalue weighted by molar-refractivity contribution is 5.89. The van der Waals surface area contributed by atoms with Crippen LogP contribution in [0, 0.1) is 0 Å². The summed E-state index contributed by atoms with van der Waals surface area (Å²) < 4.78 is 6.56. The molecule has 0 saturated carbocycles. The maximum absolute atomic E-state index is 11.3. The number of nitrogens with zero attached hydrogens (tertiary/aromatic N) is 2. The fourth-order valence-corrected chi connectivity index (χ4v) is 2.95. The summed E-state index contributed by atoms with van der Waals surface area (Å²) in [5.41, 5.74) is 3.21. The van der Waals surface area contributed by atoms with Crippen molar-refractivity contribution in [1.82, 2.24) is 14.8 Å². The minimum Gasteiger partial charge on any atom is -0.447 e. The quantitative estimate of drug-likeness (QED) is 0.819. The van der Waals surface area contributed by atoms with Gasteiger partial charge in [-0.2, -0.15) is 0 Å². The standard InChI is InChI=1S/C17H21N3O3/c1-19(2)6-5-13-9-20(11-21)16-4-3-12(8-15(13)16)7-14-10-23-17(22)18-14/h3-4,8-9,11,14H,5-7,10H2,1-2H3,(H,18,22). The topological polar surface area (TPSA) is 63.6 Å². The van der Waals surface area contributed by atoms with E-state index in [1.807, 2.05) is 32.4 Å². The van der Waals surface area contributed by atoms with Gasteiger partial charge >= 0.3 is 6.09 Å². The van der Waals surface area contributed by atoms with E-state index in [0.717, 1.165) is 47.8 Å². The minimum absolute atomic E-state index is 0.0123. The van der Waals surface area contributed by atoms with Crippen molar-refractivity contribution in [3.8, 4) is 0 Å². The zero-order valence-corrected chi connectivity index (χ0v) is 13.4. The van der Waals surface area contributed by atoms with E-state index in [0.29, 0.717) is 6.61 Å². The Balaban J connectivity index is 1.88. The van der Waals surface area contributed by atoms with Gasteiger partial charge in [-0.05, 0) is 50.2 Å². The number of rotatable bonds is 6. The molecule has 1 fully saturated rings. The predicted octanol–water partition coefficient (Wildman–Crippen LogP) is 1.43. The zero-order chi connectivity index (χ0) is 16.4. The molecule has 1 aromatic heterocycles. The van der Waals surface area contributed by atoms with E-state index >= 15 is 0 Å². The van der Waals surface area contributed by atoms with Crippen molar-refractivity contribution in [2.75, 3.05) is 27.2 Å². The van der Waals surface area contributed by atoms with Gasteiger partial charge in [0.2, 0.25) is 6.41 Å². The van der Waals surface area contributed by atoms with Gasteiger partial charge in [-0.3, -0.25) is 9.36 Å². The lowest BCUT2D eigenvalue weighted by Gasteiger charge is -2.10. The summed E-state index contributed by atoms with van der Waals surface area (Å²) in [5, 5.41) is 3.89. The van der Waals surface area contributed by atoms with Gasteiger partial charge in [-0.1, -0.05) is 6.07 Å². The number of carbonyl (C=O) groups is 2. The van der Waals surface area contributed by atoms with Gasteiger partial charge in [0.1, 0.15) is 6.61 Å². The number of carbonyl (C=O) groups excluding carboxylic acids is 2. The van der Waals surface area contributed by atoms with E-state index in [2.05, 4.69) is 16.3 Å². The lowest BCUT2D eigenvalue weighted by molar-refractivity contribution is 0.177. The Kier molecular flexibility index (Phi) is 4.34. The van der Waals surface area contributed by atoms with E-state index in [9.17, 15) is 9.59 Å². The fourth-order valence-electron chi connectivity index (χ4n) is 2.95. The Morgan fingerprint density at radius 2 is 2.26 bits per heavy atom. The molecule has 1 aliphatic rings. The van der Waals surface area contributed by atoms with Gasteiger partial charge in [-0.15, -0.1) is 0 Å². The third kappa shape index (κ3) is 3.37. The summed E-state index contributed by atoms with van der Waals surface area (Å²) in [6, 6.07) is 6.10. The van der Waals surface area contributed by atoms with Crippen LogP contribution in [0.5, 0.6) is 0 Å². The SMILES string of the molecule is CN(C)CCc1cn(C=O)c2ccc(CC3COC(=O)N3)cc12. The van der Waals surface area contributed by atoms with Crippen LogP contribution in [0.3, 0.4) is 0 Å². The highest BCUT2D eigenvalue weighted by atomic mass is 16.6. The van der Waals surface area contributed by atoms with Crippen LogP contribution in [0.4, 0.5) is 4.79 Å². The molecule has 2 heterocycles. The molecule has 1 N–H and O–H groups in total. The van der Waals surface area contributed by atoms with Crippen molar-refractivity contribution in [1.29, 1.82) is 0 Å². The molecular formula is C17H21N3O3. The largest absolute Gasteiger partial charge is 0.447 e. The normalized spacial score (nSPS) is 17.5.